The van der Waals surface area contributed by atoms with Gasteiger partial charge in [0, 0.05) is 6.92 Å². The average Bonchev–Trinajstić information content (AvgIpc) is 2.46. The van der Waals surface area contributed by atoms with Crippen molar-refractivity contribution in [2.45, 2.75) is 39.8 Å². The number of carbonyl (C=O) groups excluding carboxylic acids is 2. The summed E-state index contributed by atoms with van der Waals surface area (Å²) in [5.74, 6) is -0.980. The standard InChI is InChI=1S/C10H16N4O4/c1-7(15)12-14-6-11-13(9(14)17)5-8(16)18-10(2,3)4/h6H,5H2,1-4H3,(H,12,15). The van der Waals surface area contributed by atoms with E-state index in [9.17, 15) is 14.4 Å². The van der Waals surface area contributed by atoms with Crippen molar-refractivity contribution in [1.82, 2.24) is 14.5 Å². The van der Waals surface area contributed by atoms with Crippen LogP contribution in [0.4, 0.5) is 0 Å². The molecular weight excluding hydrogens is 240 g/mol. The van der Waals surface area contributed by atoms with Crippen LogP contribution in [0.25, 0.3) is 0 Å². The van der Waals surface area contributed by atoms with E-state index in [1.54, 1.807) is 20.8 Å². The first-order chi connectivity index (χ1) is 8.19. The van der Waals surface area contributed by atoms with Crippen LogP contribution in [0.1, 0.15) is 27.7 Å². The summed E-state index contributed by atoms with van der Waals surface area (Å²) in [5.41, 5.74) is 1.01. The molecule has 0 spiro atoms. The molecule has 18 heavy (non-hydrogen) atoms. The van der Waals surface area contributed by atoms with Crippen LogP contribution in [0, 0.1) is 0 Å². The molecule has 0 saturated carbocycles. The number of nitrogens with zero attached hydrogens (tertiary/aromatic N) is 3. The Hall–Kier alpha value is -2.12. The molecule has 0 atom stereocenters. The molecule has 1 aromatic rings. The summed E-state index contributed by atoms with van der Waals surface area (Å²) in [6.07, 6.45) is 1.12. The van der Waals surface area contributed by atoms with Crippen molar-refractivity contribution in [3.8, 4) is 0 Å². The maximum absolute atomic E-state index is 11.6. The van der Waals surface area contributed by atoms with E-state index in [-0.39, 0.29) is 6.54 Å². The van der Waals surface area contributed by atoms with Crippen molar-refractivity contribution in [3.63, 3.8) is 0 Å². The largest absolute Gasteiger partial charge is 0.459 e. The van der Waals surface area contributed by atoms with E-state index in [0.29, 0.717) is 0 Å². The summed E-state index contributed by atoms with van der Waals surface area (Å²) < 4.78 is 6.85. The molecule has 100 valence electrons. The van der Waals surface area contributed by atoms with Crippen molar-refractivity contribution in [3.05, 3.63) is 16.8 Å². The lowest BCUT2D eigenvalue weighted by Crippen LogP contribution is -2.35. The van der Waals surface area contributed by atoms with E-state index in [1.165, 1.54) is 6.92 Å². The Morgan fingerprint density at radius 2 is 2.06 bits per heavy atom. The lowest BCUT2D eigenvalue weighted by Gasteiger charge is -2.19. The van der Waals surface area contributed by atoms with Gasteiger partial charge in [0.25, 0.3) is 0 Å². The smallest absolute Gasteiger partial charge is 0.365 e. The highest BCUT2D eigenvalue weighted by Gasteiger charge is 2.18. The number of hydrogen-bond acceptors (Lipinski definition) is 5. The quantitative estimate of drug-likeness (QED) is 0.734. The Morgan fingerprint density at radius 1 is 1.44 bits per heavy atom. The van der Waals surface area contributed by atoms with Gasteiger partial charge in [0.1, 0.15) is 18.5 Å². The minimum atomic E-state index is -0.624. The second-order valence-corrected chi connectivity index (χ2v) is 4.70. The van der Waals surface area contributed by atoms with Crippen LogP contribution in [0.3, 0.4) is 0 Å². The Morgan fingerprint density at radius 3 is 2.56 bits per heavy atom. The molecular formula is C10H16N4O4. The number of aromatic nitrogens is 3. The molecule has 0 fully saturated rings. The van der Waals surface area contributed by atoms with Crippen molar-refractivity contribution in [2.24, 2.45) is 0 Å². The summed E-state index contributed by atoms with van der Waals surface area (Å²) in [7, 11) is 0. The zero-order valence-electron chi connectivity index (χ0n) is 10.8. The number of rotatable bonds is 3. The SMILES string of the molecule is CC(=O)Nn1cnn(CC(=O)OC(C)(C)C)c1=O. The maximum Gasteiger partial charge on any atom is 0.365 e. The minimum absolute atomic E-state index is 0.303. The molecule has 0 aliphatic rings. The highest BCUT2D eigenvalue weighted by atomic mass is 16.6. The van der Waals surface area contributed by atoms with Crippen molar-refractivity contribution in [1.29, 1.82) is 0 Å². The molecule has 8 nitrogen and oxygen atoms in total. The summed E-state index contributed by atoms with van der Waals surface area (Å²) >= 11 is 0. The molecule has 1 N–H and O–H groups in total. The van der Waals surface area contributed by atoms with E-state index < -0.39 is 23.2 Å². The average molecular weight is 256 g/mol. The second kappa shape index (κ2) is 5.03. The Bertz CT molecular complexity index is 509. The van der Waals surface area contributed by atoms with Gasteiger partial charge in [-0.25, -0.2) is 9.48 Å². The fourth-order valence-electron chi connectivity index (χ4n) is 1.19. The molecule has 8 heteroatoms. The van der Waals surface area contributed by atoms with Gasteiger partial charge < -0.3 is 4.74 Å². The van der Waals surface area contributed by atoms with Crippen LogP contribution in [-0.2, 0) is 20.9 Å². The predicted octanol–water partition coefficient (Wildman–Crippen LogP) is -0.524. The van der Waals surface area contributed by atoms with E-state index >= 15 is 0 Å². The Labute approximate surface area is 104 Å². The first kappa shape index (κ1) is 13.9. The molecule has 0 saturated heterocycles. The molecule has 0 aliphatic carbocycles. The maximum atomic E-state index is 11.6. The van der Waals surface area contributed by atoms with Gasteiger partial charge in [-0.2, -0.15) is 9.77 Å². The van der Waals surface area contributed by atoms with E-state index in [0.717, 1.165) is 15.7 Å². The Kier molecular flexibility index (Phi) is 3.89. The first-order valence-electron chi connectivity index (χ1n) is 5.33. The third-order valence-electron chi connectivity index (χ3n) is 1.71. The van der Waals surface area contributed by atoms with Crippen molar-refractivity contribution in [2.75, 3.05) is 5.43 Å². The van der Waals surface area contributed by atoms with E-state index in [4.69, 9.17) is 4.74 Å². The molecule has 1 rings (SSSR count). The summed E-state index contributed by atoms with van der Waals surface area (Å²) in [6.45, 7) is 6.14. The van der Waals surface area contributed by atoms with Gasteiger partial charge in [0.05, 0.1) is 0 Å². The minimum Gasteiger partial charge on any atom is -0.459 e. The van der Waals surface area contributed by atoms with Crippen LogP contribution in [0.15, 0.2) is 11.1 Å². The molecule has 1 amide bonds. The number of hydrogen-bond donors (Lipinski definition) is 1. The fourth-order valence-corrected chi connectivity index (χ4v) is 1.19. The molecule has 0 aliphatic heterocycles. The number of amides is 1. The van der Waals surface area contributed by atoms with Gasteiger partial charge in [-0.05, 0) is 20.8 Å². The lowest BCUT2D eigenvalue weighted by molar-refractivity contribution is -0.155. The van der Waals surface area contributed by atoms with Gasteiger partial charge in [0.15, 0.2) is 0 Å². The first-order valence-corrected chi connectivity index (χ1v) is 5.33. The fraction of sp³-hybridized carbons (Fsp3) is 0.600. The van der Waals surface area contributed by atoms with Crippen LogP contribution in [0.5, 0.6) is 0 Å². The van der Waals surface area contributed by atoms with Crippen LogP contribution in [-0.4, -0.2) is 31.9 Å². The number of nitrogens with one attached hydrogen (secondary N) is 1. The number of ether oxygens (including phenoxy) is 1. The van der Waals surface area contributed by atoms with Gasteiger partial charge in [0.2, 0.25) is 5.91 Å². The van der Waals surface area contributed by atoms with Crippen LogP contribution in [0.2, 0.25) is 0 Å². The zero-order valence-corrected chi connectivity index (χ0v) is 10.8. The molecule has 0 aromatic carbocycles. The van der Waals surface area contributed by atoms with Gasteiger partial charge >= 0.3 is 11.7 Å². The van der Waals surface area contributed by atoms with Gasteiger partial charge in [-0.15, -0.1) is 0 Å². The number of esters is 1. The molecule has 1 aromatic heterocycles. The van der Waals surface area contributed by atoms with Gasteiger partial charge in [-0.3, -0.25) is 15.0 Å². The molecule has 1 heterocycles. The van der Waals surface area contributed by atoms with Crippen molar-refractivity contribution >= 4 is 11.9 Å². The van der Waals surface area contributed by atoms with E-state index in [1.807, 2.05) is 0 Å². The summed E-state index contributed by atoms with van der Waals surface area (Å²) in [4.78, 5) is 33.9. The lowest BCUT2D eigenvalue weighted by atomic mass is 10.2. The molecule has 0 radical (unpaired) electrons. The highest BCUT2D eigenvalue weighted by Crippen LogP contribution is 2.06. The monoisotopic (exact) mass is 256 g/mol. The van der Waals surface area contributed by atoms with E-state index in [2.05, 4.69) is 10.5 Å². The molecule has 0 unspecified atom stereocenters. The van der Waals surface area contributed by atoms with Gasteiger partial charge in [-0.1, -0.05) is 0 Å². The van der Waals surface area contributed by atoms with Crippen LogP contribution < -0.4 is 11.1 Å². The third-order valence-corrected chi connectivity index (χ3v) is 1.71. The summed E-state index contributed by atoms with van der Waals surface area (Å²) in [5, 5.41) is 3.69. The topological polar surface area (TPSA) is 95.2 Å². The predicted molar refractivity (Wildman–Crippen MR) is 62.4 cm³/mol. The highest BCUT2D eigenvalue weighted by molar-refractivity contribution is 5.80. The van der Waals surface area contributed by atoms with Crippen molar-refractivity contribution < 1.29 is 14.3 Å². The Balaban J connectivity index is 2.75. The number of carbonyl (C=O) groups is 2. The second-order valence-electron chi connectivity index (χ2n) is 4.70. The third kappa shape index (κ3) is 4.04. The normalized spacial score (nSPS) is 11.1. The summed E-state index contributed by atoms with van der Waals surface area (Å²) in [6, 6.07) is 0. The molecule has 0 bridgehead atoms. The zero-order chi connectivity index (χ0) is 13.9. The van der Waals surface area contributed by atoms with Crippen LogP contribution >= 0.6 is 0 Å².